The van der Waals surface area contributed by atoms with Crippen molar-refractivity contribution in [1.29, 1.82) is 0 Å². The van der Waals surface area contributed by atoms with E-state index in [4.69, 9.17) is 5.73 Å². The van der Waals surface area contributed by atoms with Gasteiger partial charge in [0, 0.05) is 6.04 Å². The van der Waals surface area contributed by atoms with Gasteiger partial charge >= 0.3 is 5.97 Å². The Morgan fingerprint density at radius 3 is 3.00 bits per heavy atom. The van der Waals surface area contributed by atoms with E-state index in [1.165, 1.54) is 31.3 Å². The fourth-order valence-electron chi connectivity index (χ4n) is 1.16. The zero-order chi connectivity index (χ0) is 10.1. The molecule has 1 aromatic rings. The number of hydrogen-bond donors (Lipinski definition) is 2. The summed E-state index contributed by atoms with van der Waals surface area (Å²) in [6.45, 7) is 0. The smallest absolute Gasteiger partial charge is 0.350 e. The highest BCUT2D eigenvalue weighted by Crippen LogP contribution is 2.33. The van der Waals surface area contributed by atoms with E-state index in [2.05, 4.69) is 10.1 Å². The van der Waals surface area contributed by atoms with Gasteiger partial charge in [-0.05, 0) is 18.9 Å². The quantitative estimate of drug-likeness (QED) is 0.748. The standard InChI is InChI=1S/C9H12N2O2S/c1-13-9(12)8-6(10)4-7(14-8)11-5-2-3-5/h4-5,11H,2-3,10H2,1H3. The van der Waals surface area contributed by atoms with Crippen LogP contribution >= 0.6 is 11.3 Å². The van der Waals surface area contributed by atoms with Crippen LogP contribution < -0.4 is 11.1 Å². The summed E-state index contributed by atoms with van der Waals surface area (Å²) < 4.78 is 4.61. The van der Waals surface area contributed by atoms with E-state index in [9.17, 15) is 4.79 Å². The Labute approximate surface area is 86.1 Å². The summed E-state index contributed by atoms with van der Waals surface area (Å²) in [4.78, 5) is 11.7. The second kappa shape index (κ2) is 3.49. The first kappa shape index (κ1) is 9.33. The Hall–Kier alpha value is -1.23. The molecule has 1 saturated carbocycles. The zero-order valence-electron chi connectivity index (χ0n) is 7.87. The highest BCUT2D eigenvalue weighted by atomic mass is 32.1. The van der Waals surface area contributed by atoms with E-state index in [1.54, 1.807) is 6.07 Å². The predicted molar refractivity (Wildman–Crippen MR) is 56.7 cm³/mol. The molecule has 1 heterocycles. The number of esters is 1. The molecule has 3 N–H and O–H groups in total. The molecular formula is C9H12N2O2S. The average Bonchev–Trinajstić information content (AvgIpc) is 2.89. The van der Waals surface area contributed by atoms with Gasteiger partial charge < -0.3 is 15.8 Å². The third kappa shape index (κ3) is 1.82. The fourth-order valence-corrected chi connectivity index (χ4v) is 2.13. The van der Waals surface area contributed by atoms with Crippen molar-refractivity contribution < 1.29 is 9.53 Å². The third-order valence-corrected chi connectivity index (χ3v) is 3.12. The summed E-state index contributed by atoms with van der Waals surface area (Å²) in [5.41, 5.74) is 6.17. The number of nitrogens with one attached hydrogen (secondary N) is 1. The Morgan fingerprint density at radius 2 is 2.43 bits per heavy atom. The highest BCUT2D eigenvalue weighted by molar-refractivity contribution is 7.18. The third-order valence-electron chi connectivity index (χ3n) is 2.06. The van der Waals surface area contributed by atoms with Crippen molar-refractivity contribution in [2.24, 2.45) is 0 Å². The van der Waals surface area contributed by atoms with Gasteiger partial charge in [-0.3, -0.25) is 0 Å². The van der Waals surface area contributed by atoms with Gasteiger partial charge in [0.1, 0.15) is 4.88 Å². The van der Waals surface area contributed by atoms with E-state index < -0.39 is 0 Å². The molecule has 2 rings (SSSR count). The first-order chi connectivity index (χ1) is 6.70. The van der Waals surface area contributed by atoms with Crippen LogP contribution in [0, 0.1) is 0 Å². The van der Waals surface area contributed by atoms with Crippen LogP contribution in [0.2, 0.25) is 0 Å². The molecule has 0 bridgehead atoms. The SMILES string of the molecule is COC(=O)c1sc(NC2CC2)cc1N. The van der Waals surface area contributed by atoms with Crippen molar-refractivity contribution in [2.45, 2.75) is 18.9 Å². The van der Waals surface area contributed by atoms with Gasteiger partial charge in [0.25, 0.3) is 0 Å². The number of carbonyl (C=O) groups excluding carboxylic acids is 1. The minimum atomic E-state index is -0.364. The first-order valence-corrected chi connectivity index (χ1v) is 5.26. The molecule has 0 atom stereocenters. The van der Waals surface area contributed by atoms with E-state index in [1.807, 2.05) is 0 Å². The van der Waals surface area contributed by atoms with E-state index in [-0.39, 0.29) is 5.97 Å². The second-order valence-electron chi connectivity index (χ2n) is 3.31. The van der Waals surface area contributed by atoms with Gasteiger partial charge in [-0.1, -0.05) is 0 Å². The summed E-state index contributed by atoms with van der Waals surface area (Å²) in [6.07, 6.45) is 2.40. The van der Waals surface area contributed by atoms with Crippen LogP contribution in [0.3, 0.4) is 0 Å². The topological polar surface area (TPSA) is 64.3 Å². The molecule has 76 valence electrons. The van der Waals surface area contributed by atoms with Gasteiger partial charge in [-0.25, -0.2) is 4.79 Å². The molecule has 1 aliphatic carbocycles. The van der Waals surface area contributed by atoms with Crippen LogP contribution in [-0.2, 0) is 4.74 Å². The number of thiophene rings is 1. The van der Waals surface area contributed by atoms with Crippen LogP contribution in [0.25, 0.3) is 0 Å². The number of hydrogen-bond acceptors (Lipinski definition) is 5. The molecule has 14 heavy (non-hydrogen) atoms. The van der Waals surface area contributed by atoms with Crippen LogP contribution in [0.5, 0.6) is 0 Å². The van der Waals surface area contributed by atoms with Crippen molar-refractivity contribution >= 4 is 28.0 Å². The van der Waals surface area contributed by atoms with Crippen molar-refractivity contribution in [3.63, 3.8) is 0 Å². The number of carbonyl (C=O) groups is 1. The lowest BCUT2D eigenvalue weighted by Gasteiger charge is -1.97. The molecule has 5 heteroatoms. The van der Waals surface area contributed by atoms with Gasteiger partial charge in [0.15, 0.2) is 0 Å². The average molecular weight is 212 g/mol. The van der Waals surface area contributed by atoms with E-state index in [0.717, 1.165) is 5.00 Å². The summed E-state index contributed by atoms with van der Waals surface area (Å²) in [6, 6.07) is 2.36. The lowest BCUT2D eigenvalue weighted by Crippen LogP contribution is -2.01. The van der Waals surface area contributed by atoms with Crippen LogP contribution in [0.4, 0.5) is 10.7 Å². The van der Waals surface area contributed by atoms with Gasteiger partial charge in [-0.2, -0.15) is 0 Å². The minimum absolute atomic E-state index is 0.364. The van der Waals surface area contributed by atoms with Crippen LogP contribution in [0.1, 0.15) is 22.5 Å². The monoisotopic (exact) mass is 212 g/mol. The first-order valence-electron chi connectivity index (χ1n) is 4.45. The molecule has 0 saturated heterocycles. The van der Waals surface area contributed by atoms with Gasteiger partial charge in [0.05, 0.1) is 17.8 Å². The van der Waals surface area contributed by atoms with Crippen molar-refractivity contribution in [1.82, 2.24) is 0 Å². The molecule has 0 aromatic carbocycles. The molecular weight excluding hydrogens is 200 g/mol. The number of methoxy groups -OCH3 is 1. The molecule has 1 fully saturated rings. The normalized spacial score (nSPS) is 15.2. The minimum Gasteiger partial charge on any atom is -0.465 e. The Bertz CT molecular complexity index is 358. The summed E-state index contributed by atoms with van der Waals surface area (Å²) in [5, 5.41) is 4.24. The number of rotatable bonds is 3. The number of ether oxygens (including phenoxy) is 1. The zero-order valence-corrected chi connectivity index (χ0v) is 8.69. The second-order valence-corrected chi connectivity index (χ2v) is 4.36. The number of nitrogens with two attached hydrogens (primary N) is 1. The lowest BCUT2D eigenvalue weighted by atomic mass is 10.4. The largest absolute Gasteiger partial charge is 0.465 e. The molecule has 1 aromatic heterocycles. The Morgan fingerprint density at radius 1 is 1.71 bits per heavy atom. The lowest BCUT2D eigenvalue weighted by molar-refractivity contribution is 0.0607. The molecule has 0 radical (unpaired) electrons. The molecule has 4 nitrogen and oxygen atoms in total. The molecule has 0 amide bonds. The Balaban J connectivity index is 2.15. The van der Waals surface area contributed by atoms with E-state index in [0.29, 0.717) is 16.6 Å². The summed E-state index contributed by atoms with van der Waals surface area (Å²) in [7, 11) is 1.36. The number of nitrogen functional groups attached to an aromatic ring is 1. The van der Waals surface area contributed by atoms with Crippen molar-refractivity contribution in [3.8, 4) is 0 Å². The summed E-state index contributed by atoms with van der Waals surface area (Å²) >= 11 is 1.35. The van der Waals surface area contributed by atoms with Crippen molar-refractivity contribution in [3.05, 3.63) is 10.9 Å². The van der Waals surface area contributed by atoms with Gasteiger partial charge in [-0.15, -0.1) is 11.3 Å². The predicted octanol–water partition coefficient (Wildman–Crippen LogP) is 1.69. The van der Waals surface area contributed by atoms with Crippen molar-refractivity contribution in [2.75, 3.05) is 18.2 Å². The number of anilines is 2. The molecule has 0 unspecified atom stereocenters. The maximum Gasteiger partial charge on any atom is 0.350 e. The van der Waals surface area contributed by atoms with Crippen LogP contribution in [-0.4, -0.2) is 19.1 Å². The van der Waals surface area contributed by atoms with E-state index >= 15 is 0 Å². The maximum absolute atomic E-state index is 11.2. The molecule has 1 aliphatic rings. The fraction of sp³-hybridized carbons (Fsp3) is 0.444. The van der Waals surface area contributed by atoms with Gasteiger partial charge in [0.2, 0.25) is 0 Å². The molecule has 0 spiro atoms. The summed E-state index contributed by atoms with van der Waals surface area (Å²) in [5.74, 6) is -0.364. The highest BCUT2D eigenvalue weighted by Gasteiger charge is 2.23. The molecule has 0 aliphatic heterocycles. The maximum atomic E-state index is 11.2. The van der Waals surface area contributed by atoms with Crippen LogP contribution in [0.15, 0.2) is 6.07 Å². The Kier molecular flexibility index (Phi) is 2.33.